The summed E-state index contributed by atoms with van der Waals surface area (Å²) >= 11 is 0. The van der Waals surface area contributed by atoms with Crippen molar-refractivity contribution >= 4 is 5.69 Å². The smallest absolute Gasteiger partial charge is 0.119 e. The minimum atomic E-state index is -0.0866. The van der Waals surface area contributed by atoms with Crippen LogP contribution < -0.4 is 10.1 Å². The molecular formula is C16H22N2O. The van der Waals surface area contributed by atoms with Gasteiger partial charge in [0.2, 0.25) is 0 Å². The second-order valence-corrected chi connectivity index (χ2v) is 5.29. The van der Waals surface area contributed by atoms with Crippen LogP contribution in [0.1, 0.15) is 38.5 Å². The molecule has 19 heavy (non-hydrogen) atoms. The maximum atomic E-state index is 9.28. The quantitative estimate of drug-likeness (QED) is 0.869. The molecule has 1 aromatic carbocycles. The molecular weight excluding hydrogens is 236 g/mol. The monoisotopic (exact) mass is 258 g/mol. The number of anilines is 1. The normalized spacial score (nSPS) is 17.5. The number of rotatable bonds is 5. The van der Waals surface area contributed by atoms with Crippen LogP contribution >= 0.6 is 0 Å². The average Bonchev–Trinajstić information content (AvgIpc) is 2.48. The second-order valence-electron chi connectivity index (χ2n) is 5.29. The Bertz CT molecular complexity index is 415. The van der Waals surface area contributed by atoms with Crippen molar-refractivity contribution in [1.29, 1.82) is 5.26 Å². The predicted molar refractivity (Wildman–Crippen MR) is 77.2 cm³/mol. The number of nitrogens with zero attached hydrogens (tertiary/aromatic N) is 1. The lowest BCUT2D eigenvalue weighted by atomic mass is 9.85. The maximum Gasteiger partial charge on any atom is 0.119 e. The summed E-state index contributed by atoms with van der Waals surface area (Å²) in [5.74, 6) is 1.55. The van der Waals surface area contributed by atoms with E-state index in [9.17, 15) is 5.26 Å². The van der Waals surface area contributed by atoms with Gasteiger partial charge in [-0.15, -0.1) is 0 Å². The lowest BCUT2D eigenvalue weighted by Crippen LogP contribution is -2.22. The molecule has 0 amide bonds. The van der Waals surface area contributed by atoms with Gasteiger partial charge in [-0.2, -0.15) is 5.26 Å². The Hall–Kier alpha value is -1.69. The van der Waals surface area contributed by atoms with Crippen LogP contribution in [0.25, 0.3) is 0 Å². The van der Waals surface area contributed by atoms with Crippen LogP contribution in [0, 0.1) is 17.2 Å². The van der Waals surface area contributed by atoms with E-state index in [2.05, 4.69) is 11.4 Å². The minimum absolute atomic E-state index is 0.0866. The Kier molecular flexibility index (Phi) is 5.09. The van der Waals surface area contributed by atoms with Gasteiger partial charge in [0.1, 0.15) is 11.8 Å². The summed E-state index contributed by atoms with van der Waals surface area (Å²) in [6, 6.07) is 10.1. The van der Waals surface area contributed by atoms with Gasteiger partial charge in [-0.3, -0.25) is 0 Å². The first-order chi connectivity index (χ1) is 9.31. The number of methoxy groups -OCH3 is 1. The Morgan fingerprint density at radius 1 is 1.26 bits per heavy atom. The van der Waals surface area contributed by atoms with Crippen LogP contribution in [-0.2, 0) is 0 Å². The van der Waals surface area contributed by atoms with E-state index in [1.807, 2.05) is 24.3 Å². The molecule has 1 aliphatic carbocycles. The highest BCUT2D eigenvalue weighted by atomic mass is 16.5. The first-order valence-electron chi connectivity index (χ1n) is 7.12. The van der Waals surface area contributed by atoms with Crippen LogP contribution in [-0.4, -0.2) is 13.2 Å². The minimum Gasteiger partial charge on any atom is -0.497 e. The number of ether oxygens (including phenoxy) is 1. The van der Waals surface area contributed by atoms with E-state index in [4.69, 9.17) is 4.74 Å². The predicted octanol–water partition coefficient (Wildman–Crippen LogP) is 3.97. The number of nitrogens with one attached hydrogen (secondary N) is 1. The van der Waals surface area contributed by atoms with Crippen LogP contribution in [0.3, 0.4) is 0 Å². The summed E-state index contributed by atoms with van der Waals surface area (Å²) in [7, 11) is 1.66. The van der Waals surface area contributed by atoms with Gasteiger partial charge in [-0.25, -0.2) is 0 Å². The molecule has 3 nitrogen and oxygen atoms in total. The largest absolute Gasteiger partial charge is 0.497 e. The molecule has 0 bridgehead atoms. The fourth-order valence-corrected chi connectivity index (χ4v) is 2.79. The molecule has 0 radical (unpaired) electrons. The van der Waals surface area contributed by atoms with Gasteiger partial charge in [0.25, 0.3) is 0 Å². The zero-order chi connectivity index (χ0) is 13.5. The molecule has 1 aromatic rings. The van der Waals surface area contributed by atoms with Crippen molar-refractivity contribution in [2.75, 3.05) is 12.4 Å². The van der Waals surface area contributed by atoms with Gasteiger partial charge < -0.3 is 10.1 Å². The summed E-state index contributed by atoms with van der Waals surface area (Å²) in [4.78, 5) is 0. The fraction of sp³-hybridized carbons (Fsp3) is 0.562. The topological polar surface area (TPSA) is 45.0 Å². The highest BCUT2D eigenvalue weighted by molar-refractivity contribution is 5.48. The van der Waals surface area contributed by atoms with Gasteiger partial charge >= 0.3 is 0 Å². The highest BCUT2D eigenvalue weighted by Crippen LogP contribution is 2.28. The summed E-state index contributed by atoms with van der Waals surface area (Å²) in [6.07, 6.45) is 7.53. The molecule has 1 N–H and O–H groups in total. The maximum absolute atomic E-state index is 9.28. The molecule has 2 rings (SSSR count). The van der Waals surface area contributed by atoms with Gasteiger partial charge in [-0.05, 0) is 36.6 Å². The molecule has 1 fully saturated rings. The van der Waals surface area contributed by atoms with Gasteiger partial charge in [0.15, 0.2) is 0 Å². The van der Waals surface area contributed by atoms with Gasteiger partial charge in [0.05, 0.1) is 13.2 Å². The highest BCUT2D eigenvalue weighted by Gasteiger charge is 2.18. The van der Waals surface area contributed by atoms with E-state index in [1.54, 1.807) is 7.11 Å². The summed E-state index contributed by atoms with van der Waals surface area (Å²) in [6.45, 7) is 0. The number of nitriles is 1. The average molecular weight is 258 g/mol. The summed E-state index contributed by atoms with van der Waals surface area (Å²) < 4.78 is 5.13. The van der Waals surface area contributed by atoms with Gasteiger partial charge in [-0.1, -0.05) is 32.1 Å². The van der Waals surface area contributed by atoms with E-state index < -0.39 is 0 Å². The lowest BCUT2D eigenvalue weighted by Gasteiger charge is -2.24. The molecule has 1 atom stereocenters. The molecule has 1 aliphatic rings. The van der Waals surface area contributed by atoms with Crippen LogP contribution in [0.2, 0.25) is 0 Å². The molecule has 3 heteroatoms. The third kappa shape index (κ3) is 4.17. The SMILES string of the molecule is COc1ccc(NC(C#N)CC2CCCCC2)cc1. The Balaban J connectivity index is 1.88. The third-order valence-corrected chi connectivity index (χ3v) is 3.88. The lowest BCUT2D eigenvalue weighted by molar-refractivity contribution is 0.335. The second kappa shape index (κ2) is 7.04. The molecule has 0 aromatic heterocycles. The molecule has 102 valence electrons. The standard InChI is InChI=1S/C16H22N2O/c1-19-16-9-7-14(8-10-16)18-15(12-17)11-13-5-3-2-4-6-13/h7-10,13,15,18H,2-6,11H2,1H3. The first-order valence-corrected chi connectivity index (χ1v) is 7.12. The molecule has 1 unspecified atom stereocenters. The molecule has 0 aliphatic heterocycles. The summed E-state index contributed by atoms with van der Waals surface area (Å²) in [5, 5.41) is 12.6. The van der Waals surface area contributed by atoms with E-state index >= 15 is 0 Å². The Labute approximate surface area is 115 Å². The number of hydrogen-bond donors (Lipinski definition) is 1. The van der Waals surface area contributed by atoms with Crippen molar-refractivity contribution in [2.24, 2.45) is 5.92 Å². The van der Waals surface area contributed by atoms with Crippen LogP contribution in [0.15, 0.2) is 24.3 Å². The third-order valence-electron chi connectivity index (χ3n) is 3.88. The van der Waals surface area contributed by atoms with E-state index in [0.717, 1.165) is 17.9 Å². The zero-order valence-corrected chi connectivity index (χ0v) is 11.6. The molecule has 1 saturated carbocycles. The molecule has 0 heterocycles. The fourth-order valence-electron chi connectivity index (χ4n) is 2.79. The van der Waals surface area contributed by atoms with Gasteiger partial charge in [0, 0.05) is 5.69 Å². The van der Waals surface area contributed by atoms with Crippen LogP contribution in [0.5, 0.6) is 5.75 Å². The Morgan fingerprint density at radius 3 is 2.53 bits per heavy atom. The molecule has 0 saturated heterocycles. The number of hydrogen-bond acceptors (Lipinski definition) is 3. The first kappa shape index (κ1) is 13.7. The van der Waals surface area contributed by atoms with Crippen molar-refractivity contribution < 1.29 is 4.74 Å². The van der Waals surface area contributed by atoms with Crippen molar-refractivity contribution in [1.82, 2.24) is 0 Å². The number of benzene rings is 1. The summed E-state index contributed by atoms with van der Waals surface area (Å²) in [5.41, 5.74) is 0.989. The van der Waals surface area contributed by atoms with Crippen molar-refractivity contribution in [3.05, 3.63) is 24.3 Å². The van der Waals surface area contributed by atoms with Crippen LogP contribution in [0.4, 0.5) is 5.69 Å². The van der Waals surface area contributed by atoms with Crippen molar-refractivity contribution in [3.63, 3.8) is 0 Å². The van der Waals surface area contributed by atoms with Crippen molar-refractivity contribution in [2.45, 2.75) is 44.6 Å². The molecule has 0 spiro atoms. The van der Waals surface area contributed by atoms with E-state index in [1.165, 1.54) is 32.1 Å². The zero-order valence-electron chi connectivity index (χ0n) is 11.6. The van der Waals surface area contributed by atoms with E-state index in [0.29, 0.717) is 5.92 Å². The Morgan fingerprint density at radius 2 is 1.95 bits per heavy atom. The van der Waals surface area contributed by atoms with Crippen molar-refractivity contribution in [3.8, 4) is 11.8 Å². The van der Waals surface area contributed by atoms with E-state index in [-0.39, 0.29) is 6.04 Å².